The van der Waals surface area contributed by atoms with E-state index in [4.69, 9.17) is 9.47 Å². The number of amides is 1. The molecule has 7 heteroatoms. The molecule has 1 saturated heterocycles. The molecule has 1 amide bonds. The number of methoxy groups -OCH3 is 2. The molecule has 0 spiro atoms. The van der Waals surface area contributed by atoms with Crippen LogP contribution in [0, 0.1) is 12.8 Å². The van der Waals surface area contributed by atoms with E-state index in [-0.39, 0.29) is 11.8 Å². The van der Waals surface area contributed by atoms with Gasteiger partial charge in [-0.2, -0.15) is 0 Å². The van der Waals surface area contributed by atoms with Crippen molar-refractivity contribution < 1.29 is 14.3 Å². The van der Waals surface area contributed by atoms with Crippen molar-refractivity contribution >= 4 is 17.4 Å². The first-order chi connectivity index (χ1) is 15.6. The fourth-order valence-corrected chi connectivity index (χ4v) is 3.93. The number of hydrogen-bond donors (Lipinski definition) is 1. The van der Waals surface area contributed by atoms with Gasteiger partial charge in [-0.05, 0) is 73.9 Å². The van der Waals surface area contributed by atoms with Gasteiger partial charge in [0.1, 0.15) is 11.5 Å². The van der Waals surface area contributed by atoms with Gasteiger partial charge in [0, 0.05) is 24.6 Å². The Bertz CT molecular complexity index is 1060. The highest BCUT2D eigenvalue weighted by molar-refractivity contribution is 5.94. The van der Waals surface area contributed by atoms with E-state index >= 15 is 0 Å². The van der Waals surface area contributed by atoms with E-state index in [0.717, 1.165) is 60.0 Å². The van der Waals surface area contributed by atoms with Gasteiger partial charge >= 0.3 is 0 Å². The minimum absolute atomic E-state index is 0.0366. The topological polar surface area (TPSA) is 76.6 Å². The molecule has 0 radical (unpaired) electrons. The van der Waals surface area contributed by atoms with Crippen LogP contribution < -0.4 is 19.7 Å². The summed E-state index contributed by atoms with van der Waals surface area (Å²) in [5.74, 6) is 2.32. The van der Waals surface area contributed by atoms with Crippen LogP contribution in [0.15, 0.2) is 54.6 Å². The fourth-order valence-electron chi connectivity index (χ4n) is 3.93. The second kappa shape index (κ2) is 9.68. The predicted molar refractivity (Wildman–Crippen MR) is 125 cm³/mol. The largest absolute Gasteiger partial charge is 0.497 e. The number of nitrogens with zero attached hydrogens (tertiary/aromatic N) is 3. The van der Waals surface area contributed by atoms with E-state index in [1.54, 1.807) is 14.2 Å². The van der Waals surface area contributed by atoms with E-state index < -0.39 is 0 Å². The Labute approximate surface area is 188 Å². The lowest BCUT2D eigenvalue weighted by Gasteiger charge is -2.32. The minimum atomic E-state index is -0.0389. The number of carbonyl (C=O) groups is 1. The maximum Gasteiger partial charge on any atom is 0.227 e. The summed E-state index contributed by atoms with van der Waals surface area (Å²) < 4.78 is 10.6. The highest BCUT2D eigenvalue weighted by Gasteiger charge is 2.26. The minimum Gasteiger partial charge on any atom is -0.497 e. The quantitative estimate of drug-likeness (QED) is 0.625. The standard InChI is InChI=1S/C25H28N4O3/c1-17-4-10-23(32-3)22(16-17)26-25(30)19-12-14-29(15-13-19)24-11-9-21(27-28-24)18-5-7-20(31-2)8-6-18/h4-11,16,19H,12-15H2,1-3H3,(H,26,30). The molecule has 0 unspecified atom stereocenters. The van der Waals surface area contributed by atoms with E-state index in [1.807, 2.05) is 61.5 Å². The maximum atomic E-state index is 12.8. The van der Waals surface area contributed by atoms with Crippen LogP contribution in [0.25, 0.3) is 11.3 Å². The van der Waals surface area contributed by atoms with Crippen molar-refractivity contribution in [3.05, 3.63) is 60.2 Å². The van der Waals surface area contributed by atoms with Crippen LogP contribution in [0.3, 0.4) is 0 Å². The third-order valence-electron chi connectivity index (χ3n) is 5.84. The molecule has 0 bridgehead atoms. The Morgan fingerprint density at radius 3 is 2.34 bits per heavy atom. The zero-order valence-electron chi connectivity index (χ0n) is 18.7. The smallest absolute Gasteiger partial charge is 0.227 e. The number of aryl methyl sites for hydroxylation is 1. The summed E-state index contributed by atoms with van der Waals surface area (Å²) in [7, 11) is 3.26. The van der Waals surface area contributed by atoms with Crippen molar-refractivity contribution in [3.8, 4) is 22.8 Å². The molecule has 0 aliphatic carbocycles. The Morgan fingerprint density at radius 1 is 0.969 bits per heavy atom. The van der Waals surface area contributed by atoms with E-state index in [2.05, 4.69) is 20.4 Å². The predicted octanol–water partition coefficient (Wildman–Crippen LogP) is 4.32. The lowest BCUT2D eigenvalue weighted by atomic mass is 9.95. The summed E-state index contributed by atoms with van der Waals surface area (Å²) >= 11 is 0. The fraction of sp³-hybridized carbons (Fsp3) is 0.320. The number of nitrogens with one attached hydrogen (secondary N) is 1. The van der Waals surface area contributed by atoms with Crippen molar-refractivity contribution in [2.24, 2.45) is 5.92 Å². The number of carbonyl (C=O) groups excluding carboxylic acids is 1. The Balaban J connectivity index is 1.35. The summed E-state index contributed by atoms with van der Waals surface area (Å²) in [6.45, 7) is 3.52. The van der Waals surface area contributed by atoms with Gasteiger partial charge in [0.15, 0.2) is 5.82 Å². The Kier molecular flexibility index (Phi) is 6.54. The molecule has 166 valence electrons. The molecule has 1 aromatic heterocycles. The molecule has 3 aromatic rings. The van der Waals surface area contributed by atoms with Gasteiger partial charge in [-0.25, -0.2) is 0 Å². The van der Waals surface area contributed by atoms with Crippen molar-refractivity contribution in [2.75, 3.05) is 37.5 Å². The number of aromatic nitrogens is 2. The SMILES string of the molecule is COc1ccc(-c2ccc(N3CCC(C(=O)Nc4cc(C)ccc4OC)CC3)nn2)cc1. The first-order valence-corrected chi connectivity index (χ1v) is 10.8. The summed E-state index contributed by atoms with van der Waals surface area (Å²) in [5, 5.41) is 11.9. The molecule has 1 fully saturated rings. The summed E-state index contributed by atoms with van der Waals surface area (Å²) in [6.07, 6.45) is 1.53. The normalized spacial score (nSPS) is 14.2. The molecule has 1 aliphatic rings. The first kappa shape index (κ1) is 21.6. The number of anilines is 2. The summed E-state index contributed by atoms with van der Waals surface area (Å²) in [4.78, 5) is 15.0. The second-order valence-corrected chi connectivity index (χ2v) is 7.96. The molecule has 2 heterocycles. The summed E-state index contributed by atoms with van der Waals surface area (Å²) in [5.41, 5.74) is 3.61. The molecule has 32 heavy (non-hydrogen) atoms. The molecule has 1 aliphatic heterocycles. The number of ether oxygens (including phenoxy) is 2. The highest BCUT2D eigenvalue weighted by Crippen LogP contribution is 2.28. The Hall–Kier alpha value is -3.61. The number of piperidine rings is 1. The van der Waals surface area contributed by atoms with Crippen LogP contribution in [0.1, 0.15) is 18.4 Å². The molecular formula is C25H28N4O3. The Morgan fingerprint density at radius 2 is 1.72 bits per heavy atom. The van der Waals surface area contributed by atoms with Gasteiger partial charge < -0.3 is 19.7 Å². The van der Waals surface area contributed by atoms with Gasteiger partial charge in [-0.3, -0.25) is 4.79 Å². The molecule has 7 nitrogen and oxygen atoms in total. The van der Waals surface area contributed by atoms with Gasteiger partial charge in [0.05, 0.1) is 25.6 Å². The molecular weight excluding hydrogens is 404 g/mol. The van der Waals surface area contributed by atoms with E-state index in [0.29, 0.717) is 5.75 Å². The first-order valence-electron chi connectivity index (χ1n) is 10.8. The van der Waals surface area contributed by atoms with Crippen LogP contribution in [-0.4, -0.2) is 43.4 Å². The molecule has 4 rings (SSSR count). The highest BCUT2D eigenvalue weighted by atomic mass is 16.5. The van der Waals surface area contributed by atoms with Crippen LogP contribution in [0.5, 0.6) is 11.5 Å². The van der Waals surface area contributed by atoms with Gasteiger partial charge in [-0.1, -0.05) is 6.07 Å². The average Bonchev–Trinajstić information content (AvgIpc) is 2.84. The molecule has 0 saturated carbocycles. The van der Waals surface area contributed by atoms with Crippen LogP contribution in [0.2, 0.25) is 0 Å². The number of rotatable bonds is 6. The zero-order chi connectivity index (χ0) is 22.5. The zero-order valence-corrected chi connectivity index (χ0v) is 18.7. The lowest BCUT2D eigenvalue weighted by Crippen LogP contribution is -2.38. The third-order valence-corrected chi connectivity index (χ3v) is 5.84. The van der Waals surface area contributed by atoms with E-state index in [1.165, 1.54) is 0 Å². The number of hydrogen-bond acceptors (Lipinski definition) is 6. The van der Waals surface area contributed by atoms with E-state index in [9.17, 15) is 4.79 Å². The monoisotopic (exact) mass is 432 g/mol. The lowest BCUT2D eigenvalue weighted by molar-refractivity contribution is -0.120. The van der Waals surface area contributed by atoms with Crippen molar-refractivity contribution in [2.45, 2.75) is 19.8 Å². The van der Waals surface area contributed by atoms with Gasteiger partial charge in [0.25, 0.3) is 0 Å². The second-order valence-electron chi connectivity index (χ2n) is 7.96. The molecule has 1 N–H and O–H groups in total. The van der Waals surface area contributed by atoms with Crippen molar-refractivity contribution in [1.29, 1.82) is 0 Å². The molecule has 2 aromatic carbocycles. The number of benzene rings is 2. The van der Waals surface area contributed by atoms with Gasteiger partial charge in [-0.15, -0.1) is 10.2 Å². The third kappa shape index (κ3) is 4.82. The van der Waals surface area contributed by atoms with Crippen molar-refractivity contribution in [1.82, 2.24) is 10.2 Å². The van der Waals surface area contributed by atoms with Crippen LogP contribution >= 0.6 is 0 Å². The van der Waals surface area contributed by atoms with Gasteiger partial charge in [0.2, 0.25) is 5.91 Å². The van der Waals surface area contributed by atoms with Crippen molar-refractivity contribution in [3.63, 3.8) is 0 Å². The van der Waals surface area contributed by atoms with Crippen LogP contribution in [0.4, 0.5) is 11.5 Å². The molecule has 0 atom stereocenters. The maximum absolute atomic E-state index is 12.8. The average molecular weight is 433 g/mol. The van der Waals surface area contributed by atoms with Crippen LogP contribution in [-0.2, 0) is 4.79 Å². The summed E-state index contributed by atoms with van der Waals surface area (Å²) in [6, 6.07) is 17.5.